The number of benzene rings is 1. The van der Waals surface area contributed by atoms with Crippen molar-refractivity contribution in [3.8, 4) is 10.4 Å². The summed E-state index contributed by atoms with van der Waals surface area (Å²) in [5, 5.41) is 6.85. The lowest BCUT2D eigenvalue weighted by Gasteiger charge is -2.35. The third-order valence-corrected chi connectivity index (χ3v) is 8.58. The Hall–Kier alpha value is -2.31. The molecule has 8 nitrogen and oxygen atoms in total. The number of thiophene rings is 1. The number of hydrogen-bond donors (Lipinski definition) is 2. The second-order valence-electron chi connectivity index (χ2n) is 8.07. The number of halogens is 2. The van der Waals surface area contributed by atoms with Crippen molar-refractivity contribution < 1.29 is 17.6 Å². The number of aromatic nitrogens is 2. The van der Waals surface area contributed by atoms with Gasteiger partial charge in [-0.2, -0.15) is 22.5 Å². The standard InChI is InChI=1S/C21H23ClFN5O3S2/c1-12(2)28-11-13(10-24-28)19-6-7-20(32-19)17-9-18(27(3)33(30,31)26-17)21(29)25-14-4-5-16(23)15(22)8-14/h4-8,10-12,17-18,26H,9H2,1-3H3,(H,25,29). The van der Waals surface area contributed by atoms with Crippen molar-refractivity contribution in [2.45, 2.75) is 38.4 Å². The third-order valence-electron chi connectivity index (χ3n) is 5.44. The van der Waals surface area contributed by atoms with Crippen LogP contribution < -0.4 is 10.0 Å². The number of nitrogens with one attached hydrogen (secondary N) is 2. The van der Waals surface area contributed by atoms with Crippen LogP contribution in [-0.4, -0.2) is 41.5 Å². The number of likely N-dealkylation sites (N-methyl/N-ethyl adjacent to an activating group) is 1. The van der Waals surface area contributed by atoms with Crippen LogP contribution in [0.1, 0.15) is 37.2 Å². The van der Waals surface area contributed by atoms with Crippen molar-refractivity contribution in [2.75, 3.05) is 12.4 Å². The monoisotopic (exact) mass is 511 g/mol. The van der Waals surface area contributed by atoms with Crippen molar-refractivity contribution >= 4 is 44.7 Å². The van der Waals surface area contributed by atoms with Crippen molar-refractivity contribution in [1.29, 1.82) is 0 Å². The maximum atomic E-state index is 13.4. The van der Waals surface area contributed by atoms with E-state index in [1.807, 2.05) is 36.9 Å². The van der Waals surface area contributed by atoms with Gasteiger partial charge in [0, 0.05) is 40.3 Å². The zero-order valence-corrected chi connectivity index (χ0v) is 20.5. The van der Waals surface area contributed by atoms with Crippen LogP contribution in [0.25, 0.3) is 10.4 Å². The summed E-state index contributed by atoms with van der Waals surface area (Å²) in [5.41, 5.74) is 1.23. The normalized spacial score (nSPS) is 20.8. The molecule has 3 aromatic rings. The highest BCUT2D eigenvalue weighted by atomic mass is 35.5. The van der Waals surface area contributed by atoms with Gasteiger partial charge in [-0.25, -0.2) is 4.39 Å². The first-order valence-electron chi connectivity index (χ1n) is 10.2. The van der Waals surface area contributed by atoms with Gasteiger partial charge in [0.2, 0.25) is 5.91 Å². The molecular formula is C21H23ClFN5O3S2. The quantitative estimate of drug-likeness (QED) is 0.536. The minimum Gasteiger partial charge on any atom is -0.325 e. The molecule has 4 rings (SSSR count). The van der Waals surface area contributed by atoms with Crippen LogP contribution in [0.4, 0.5) is 10.1 Å². The molecule has 0 saturated carbocycles. The van der Waals surface area contributed by atoms with Gasteiger partial charge in [-0.1, -0.05) is 11.6 Å². The second-order valence-corrected chi connectivity index (χ2v) is 11.4. The van der Waals surface area contributed by atoms with Crippen LogP contribution >= 0.6 is 22.9 Å². The number of carbonyl (C=O) groups excluding carboxylic acids is 1. The van der Waals surface area contributed by atoms with Crippen LogP contribution in [0.3, 0.4) is 0 Å². The molecule has 1 aliphatic heterocycles. The summed E-state index contributed by atoms with van der Waals surface area (Å²) in [6.07, 6.45) is 3.95. The Kier molecular flexibility index (Phi) is 6.61. The first kappa shape index (κ1) is 23.8. The summed E-state index contributed by atoms with van der Waals surface area (Å²) in [6, 6.07) is 6.27. The molecule has 12 heteroatoms. The van der Waals surface area contributed by atoms with Gasteiger partial charge < -0.3 is 5.32 Å². The van der Waals surface area contributed by atoms with Crippen LogP contribution in [0.5, 0.6) is 0 Å². The molecule has 2 unspecified atom stereocenters. The zero-order valence-electron chi connectivity index (χ0n) is 18.1. The Labute approximate surface area is 200 Å². The van der Waals surface area contributed by atoms with Gasteiger partial charge in [-0.15, -0.1) is 11.3 Å². The zero-order chi connectivity index (χ0) is 23.9. The SMILES string of the molecule is CC(C)n1cc(-c2ccc(C3CC(C(=O)Nc4ccc(F)c(Cl)c4)N(C)S(=O)(=O)N3)s2)cn1. The first-order valence-corrected chi connectivity index (χ1v) is 12.8. The highest BCUT2D eigenvalue weighted by molar-refractivity contribution is 7.87. The summed E-state index contributed by atoms with van der Waals surface area (Å²) < 4.78 is 44.4. The smallest absolute Gasteiger partial charge is 0.280 e. The van der Waals surface area contributed by atoms with Crippen LogP contribution in [0.2, 0.25) is 5.02 Å². The molecule has 1 saturated heterocycles. The largest absolute Gasteiger partial charge is 0.325 e. The average Bonchev–Trinajstić information content (AvgIpc) is 3.42. The van der Waals surface area contributed by atoms with E-state index in [-0.39, 0.29) is 23.2 Å². The molecule has 2 atom stereocenters. The van der Waals surface area contributed by atoms with E-state index in [0.717, 1.165) is 25.7 Å². The highest BCUT2D eigenvalue weighted by Crippen LogP contribution is 2.36. The van der Waals surface area contributed by atoms with E-state index in [9.17, 15) is 17.6 Å². The van der Waals surface area contributed by atoms with Gasteiger partial charge in [-0.3, -0.25) is 9.48 Å². The number of amides is 1. The number of anilines is 1. The molecule has 1 fully saturated rings. The number of hydrogen-bond acceptors (Lipinski definition) is 5. The van der Waals surface area contributed by atoms with Crippen molar-refractivity contribution in [3.63, 3.8) is 0 Å². The fraction of sp³-hybridized carbons (Fsp3) is 0.333. The van der Waals surface area contributed by atoms with Crippen LogP contribution in [-0.2, 0) is 15.0 Å². The van der Waals surface area contributed by atoms with Gasteiger partial charge >= 0.3 is 0 Å². The Morgan fingerprint density at radius 1 is 1.33 bits per heavy atom. The predicted molar refractivity (Wildman–Crippen MR) is 127 cm³/mol. The van der Waals surface area contributed by atoms with E-state index >= 15 is 0 Å². The molecule has 1 amide bonds. The summed E-state index contributed by atoms with van der Waals surface area (Å²) in [5.74, 6) is -1.13. The maximum Gasteiger partial charge on any atom is 0.280 e. The lowest BCUT2D eigenvalue weighted by Crippen LogP contribution is -2.55. The van der Waals surface area contributed by atoms with E-state index in [1.165, 1.54) is 30.5 Å². The van der Waals surface area contributed by atoms with E-state index in [4.69, 9.17) is 11.6 Å². The molecule has 1 aromatic carbocycles. The van der Waals surface area contributed by atoms with E-state index in [2.05, 4.69) is 15.1 Å². The average molecular weight is 512 g/mol. The summed E-state index contributed by atoms with van der Waals surface area (Å²) >= 11 is 7.24. The fourth-order valence-corrected chi connectivity index (χ4v) is 6.11. The molecule has 0 radical (unpaired) electrons. The van der Waals surface area contributed by atoms with Crippen molar-refractivity contribution in [2.24, 2.45) is 0 Å². The van der Waals surface area contributed by atoms with Crippen LogP contribution in [0.15, 0.2) is 42.7 Å². The lowest BCUT2D eigenvalue weighted by molar-refractivity contribution is -0.120. The molecule has 2 N–H and O–H groups in total. The maximum absolute atomic E-state index is 13.4. The third kappa shape index (κ3) is 4.97. The first-order chi connectivity index (χ1) is 15.5. The van der Waals surface area contributed by atoms with Gasteiger partial charge in [0.1, 0.15) is 11.9 Å². The van der Waals surface area contributed by atoms with Gasteiger partial charge in [-0.05, 0) is 50.6 Å². The molecule has 2 aromatic heterocycles. The minimum absolute atomic E-state index is 0.135. The van der Waals surface area contributed by atoms with Crippen molar-refractivity contribution in [1.82, 2.24) is 18.8 Å². The fourth-order valence-electron chi connectivity index (χ4n) is 3.54. The minimum atomic E-state index is -3.90. The van der Waals surface area contributed by atoms with Gasteiger partial charge in [0.05, 0.1) is 17.3 Å². The Bertz CT molecular complexity index is 1290. The topological polar surface area (TPSA) is 96.3 Å². The lowest BCUT2D eigenvalue weighted by atomic mass is 10.1. The molecule has 3 heterocycles. The van der Waals surface area contributed by atoms with E-state index in [0.29, 0.717) is 0 Å². The molecular weight excluding hydrogens is 489 g/mol. The van der Waals surface area contributed by atoms with E-state index < -0.39 is 34.0 Å². The highest BCUT2D eigenvalue weighted by Gasteiger charge is 2.41. The van der Waals surface area contributed by atoms with Crippen LogP contribution in [0, 0.1) is 5.82 Å². The predicted octanol–water partition coefficient (Wildman–Crippen LogP) is 4.20. The second kappa shape index (κ2) is 9.15. The van der Waals surface area contributed by atoms with Gasteiger partial charge in [0.15, 0.2) is 0 Å². The van der Waals surface area contributed by atoms with Gasteiger partial charge in [0.25, 0.3) is 10.2 Å². The summed E-state index contributed by atoms with van der Waals surface area (Å²) in [7, 11) is -2.55. The molecule has 0 spiro atoms. The molecule has 176 valence electrons. The van der Waals surface area contributed by atoms with Crippen molar-refractivity contribution in [3.05, 3.63) is 58.4 Å². The number of nitrogens with zero attached hydrogens (tertiary/aromatic N) is 3. The Morgan fingerprint density at radius 3 is 2.76 bits per heavy atom. The molecule has 1 aliphatic rings. The number of rotatable bonds is 5. The molecule has 0 bridgehead atoms. The summed E-state index contributed by atoms with van der Waals surface area (Å²) in [4.78, 5) is 14.7. The Morgan fingerprint density at radius 2 is 2.09 bits per heavy atom. The molecule has 0 aliphatic carbocycles. The molecule has 33 heavy (non-hydrogen) atoms. The van der Waals surface area contributed by atoms with E-state index in [1.54, 1.807) is 6.20 Å². The number of carbonyl (C=O) groups is 1. The summed E-state index contributed by atoms with van der Waals surface area (Å²) in [6.45, 7) is 4.07. The Balaban J connectivity index is 1.55.